The lowest BCUT2D eigenvalue weighted by atomic mass is 10.2. The van der Waals surface area contributed by atoms with Crippen LogP contribution >= 0.6 is 27.3 Å². The molecule has 0 fully saturated rings. The van der Waals surface area contributed by atoms with E-state index in [9.17, 15) is 0 Å². The number of hydrogen-bond donors (Lipinski definition) is 1. The molecular weight excluding hydrogens is 324 g/mol. The topological polar surface area (TPSA) is 42.7 Å². The molecule has 0 saturated heterocycles. The Bertz CT molecular complexity index is 522. The van der Waals surface area contributed by atoms with Gasteiger partial charge in [-0.3, -0.25) is 4.68 Å². The van der Waals surface area contributed by atoms with E-state index in [4.69, 9.17) is 0 Å². The maximum atomic E-state index is 4.62. The van der Waals surface area contributed by atoms with Crippen molar-refractivity contribution in [2.24, 2.45) is 0 Å². The zero-order chi connectivity index (χ0) is 13.8. The summed E-state index contributed by atoms with van der Waals surface area (Å²) in [4.78, 5) is 4.62. The third-order valence-corrected chi connectivity index (χ3v) is 4.33. The van der Waals surface area contributed by atoms with Crippen molar-refractivity contribution in [1.82, 2.24) is 20.1 Å². The molecule has 0 aromatic carbocycles. The molecule has 0 amide bonds. The van der Waals surface area contributed by atoms with Gasteiger partial charge in [0.1, 0.15) is 0 Å². The van der Waals surface area contributed by atoms with E-state index < -0.39 is 0 Å². The summed E-state index contributed by atoms with van der Waals surface area (Å²) in [6.45, 7) is 7.31. The summed E-state index contributed by atoms with van der Waals surface area (Å²) in [5, 5.41) is 11.2. The second kappa shape index (κ2) is 6.63. The lowest BCUT2D eigenvalue weighted by molar-refractivity contribution is 0.409. The number of thiazole rings is 1. The van der Waals surface area contributed by atoms with Crippen LogP contribution in [0.1, 0.15) is 37.5 Å². The predicted molar refractivity (Wildman–Crippen MR) is 82.4 cm³/mol. The van der Waals surface area contributed by atoms with Crippen molar-refractivity contribution < 1.29 is 0 Å². The summed E-state index contributed by atoms with van der Waals surface area (Å²) in [5.74, 6) is 0. The normalized spacial score (nSPS) is 14.5. The van der Waals surface area contributed by atoms with Crippen molar-refractivity contribution in [2.45, 2.75) is 45.8 Å². The highest BCUT2D eigenvalue weighted by molar-refractivity contribution is 9.10. The Balaban J connectivity index is 1.89. The molecule has 2 rings (SSSR count). The molecule has 0 aliphatic rings. The highest BCUT2D eigenvalue weighted by atomic mass is 79.9. The van der Waals surface area contributed by atoms with Crippen LogP contribution in [0.3, 0.4) is 0 Å². The minimum Gasteiger partial charge on any atom is -0.304 e. The maximum Gasteiger partial charge on any atom is 0.0926 e. The van der Waals surface area contributed by atoms with Crippen molar-refractivity contribution >= 4 is 27.3 Å². The van der Waals surface area contributed by atoms with E-state index >= 15 is 0 Å². The van der Waals surface area contributed by atoms with Gasteiger partial charge in [-0.25, -0.2) is 4.98 Å². The van der Waals surface area contributed by atoms with Gasteiger partial charge in [-0.15, -0.1) is 11.3 Å². The molecule has 1 N–H and O–H groups in total. The molecule has 2 aromatic rings. The lowest BCUT2D eigenvalue weighted by Gasteiger charge is -2.18. The van der Waals surface area contributed by atoms with Gasteiger partial charge >= 0.3 is 0 Å². The number of hydrogen-bond acceptors (Lipinski definition) is 4. The van der Waals surface area contributed by atoms with Crippen molar-refractivity contribution in [1.29, 1.82) is 0 Å². The van der Waals surface area contributed by atoms with Crippen LogP contribution < -0.4 is 5.32 Å². The zero-order valence-corrected chi connectivity index (χ0v) is 13.8. The van der Waals surface area contributed by atoms with Crippen LogP contribution in [-0.2, 0) is 13.0 Å². The first-order valence-corrected chi connectivity index (χ1v) is 8.14. The molecule has 0 radical (unpaired) electrons. The van der Waals surface area contributed by atoms with E-state index in [0.29, 0.717) is 6.04 Å². The molecule has 4 nitrogen and oxygen atoms in total. The van der Waals surface area contributed by atoms with Gasteiger partial charge in [0.05, 0.1) is 27.9 Å². The molecule has 104 valence electrons. The number of halogens is 1. The van der Waals surface area contributed by atoms with Gasteiger partial charge in [0.15, 0.2) is 0 Å². The Hall–Kier alpha value is -0.720. The minimum absolute atomic E-state index is 0.269. The van der Waals surface area contributed by atoms with Crippen LogP contribution in [0, 0.1) is 0 Å². The third kappa shape index (κ3) is 4.12. The Labute approximate surface area is 126 Å². The fourth-order valence-electron chi connectivity index (χ4n) is 1.97. The van der Waals surface area contributed by atoms with Crippen LogP contribution in [0.4, 0.5) is 0 Å². The standard InChI is InChI=1S/C13H19BrN4S/c1-4-13-17-12(8-19-13)10(3)16-9(2)6-18-7-11(14)5-15-18/h5,7-10,16H,4,6H2,1-3H3. The molecule has 2 heterocycles. The summed E-state index contributed by atoms with van der Waals surface area (Å²) in [5.41, 5.74) is 1.13. The molecule has 0 saturated carbocycles. The third-order valence-electron chi connectivity index (χ3n) is 2.91. The van der Waals surface area contributed by atoms with Crippen molar-refractivity contribution in [3.05, 3.63) is 32.9 Å². The van der Waals surface area contributed by atoms with Gasteiger partial charge < -0.3 is 5.32 Å². The van der Waals surface area contributed by atoms with Crippen molar-refractivity contribution in [3.8, 4) is 0 Å². The van der Waals surface area contributed by atoms with Crippen molar-refractivity contribution in [2.75, 3.05) is 0 Å². The molecule has 0 aliphatic carbocycles. The molecule has 0 bridgehead atoms. The number of aromatic nitrogens is 3. The van der Waals surface area contributed by atoms with E-state index in [1.54, 1.807) is 11.3 Å². The second-order valence-corrected chi connectivity index (χ2v) is 6.55. The largest absolute Gasteiger partial charge is 0.304 e. The first-order chi connectivity index (χ1) is 9.08. The van der Waals surface area contributed by atoms with E-state index in [-0.39, 0.29) is 6.04 Å². The summed E-state index contributed by atoms with van der Waals surface area (Å²) < 4.78 is 2.95. The number of nitrogens with zero attached hydrogens (tertiary/aromatic N) is 3. The molecule has 0 spiro atoms. The first kappa shape index (κ1) is 14.7. The van der Waals surface area contributed by atoms with Crippen LogP contribution in [0.25, 0.3) is 0 Å². The maximum absolute atomic E-state index is 4.62. The van der Waals surface area contributed by atoms with E-state index in [0.717, 1.165) is 23.1 Å². The Kier molecular flexibility index (Phi) is 5.13. The quantitative estimate of drug-likeness (QED) is 0.874. The van der Waals surface area contributed by atoms with Crippen LogP contribution in [0.15, 0.2) is 22.2 Å². The van der Waals surface area contributed by atoms with E-state index in [2.05, 4.69) is 57.5 Å². The van der Waals surface area contributed by atoms with Crippen molar-refractivity contribution in [3.63, 3.8) is 0 Å². The Morgan fingerprint density at radius 3 is 2.84 bits per heavy atom. The highest BCUT2D eigenvalue weighted by Gasteiger charge is 2.13. The molecule has 2 atom stereocenters. The Morgan fingerprint density at radius 1 is 1.47 bits per heavy atom. The van der Waals surface area contributed by atoms with Gasteiger partial charge in [0.25, 0.3) is 0 Å². The van der Waals surface area contributed by atoms with Crippen LogP contribution in [0.2, 0.25) is 0 Å². The zero-order valence-electron chi connectivity index (χ0n) is 11.4. The Morgan fingerprint density at radius 2 is 2.26 bits per heavy atom. The summed E-state index contributed by atoms with van der Waals surface area (Å²) >= 11 is 5.15. The molecule has 2 aromatic heterocycles. The van der Waals surface area contributed by atoms with Crippen LogP contribution in [0.5, 0.6) is 0 Å². The van der Waals surface area contributed by atoms with Crippen LogP contribution in [-0.4, -0.2) is 20.8 Å². The van der Waals surface area contributed by atoms with Gasteiger partial charge in [0, 0.05) is 23.7 Å². The highest BCUT2D eigenvalue weighted by Crippen LogP contribution is 2.17. The molecule has 19 heavy (non-hydrogen) atoms. The summed E-state index contributed by atoms with van der Waals surface area (Å²) in [6.07, 6.45) is 4.80. The second-order valence-electron chi connectivity index (χ2n) is 4.69. The van der Waals surface area contributed by atoms with Gasteiger partial charge in [-0.2, -0.15) is 5.10 Å². The number of aryl methyl sites for hydroxylation is 1. The molecule has 2 unspecified atom stereocenters. The van der Waals surface area contributed by atoms with Gasteiger partial charge in [-0.05, 0) is 36.2 Å². The molecule has 6 heteroatoms. The number of nitrogens with one attached hydrogen (secondary N) is 1. The number of rotatable bonds is 6. The SMILES string of the molecule is CCc1nc(C(C)NC(C)Cn2cc(Br)cn2)cs1. The monoisotopic (exact) mass is 342 g/mol. The van der Waals surface area contributed by atoms with Gasteiger partial charge in [0.2, 0.25) is 0 Å². The van der Waals surface area contributed by atoms with E-state index in [1.165, 1.54) is 5.01 Å². The average Bonchev–Trinajstić information content (AvgIpc) is 2.98. The fraction of sp³-hybridized carbons (Fsp3) is 0.538. The minimum atomic E-state index is 0.269. The summed E-state index contributed by atoms with van der Waals surface area (Å²) in [7, 11) is 0. The lowest BCUT2D eigenvalue weighted by Crippen LogP contribution is -2.33. The predicted octanol–water partition coefficient (Wildman–Crippen LogP) is 3.40. The summed E-state index contributed by atoms with van der Waals surface area (Å²) in [6, 6.07) is 0.610. The molecule has 0 aliphatic heterocycles. The first-order valence-electron chi connectivity index (χ1n) is 6.46. The van der Waals surface area contributed by atoms with E-state index in [1.807, 2.05) is 17.1 Å². The molecular formula is C13H19BrN4S. The fourth-order valence-corrected chi connectivity index (χ4v) is 3.14. The average molecular weight is 343 g/mol. The van der Waals surface area contributed by atoms with Gasteiger partial charge in [-0.1, -0.05) is 6.92 Å². The smallest absolute Gasteiger partial charge is 0.0926 e.